The zero-order valence-corrected chi connectivity index (χ0v) is 13.8. The van der Waals surface area contributed by atoms with Crippen LogP contribution < -0.4 is 14.8 Å². The molecule has 0 bridgehead atoms. The Morgan fingerprint density at radius 1 is 1.00 bits per heavy atom. The van der Waals surface area contributed by atoms with Gasteiger partial charge in [0, 0.05) is 5.56 Å². The van der Waals surface area contributed by atoms with Gasteiger partial charge in [-0.2, -0.15) is 0 Å². The van der Waals surface area contributed by atoms with Gasteiger partial charge in [-0.15, -0.1) is 0 Å². The highest BCUT2D eigenvalue weighted by atomic mass is 16.5. The highest BCUT2D eigenvalue weighted by Crippen LogP contribution is 2.28. The zero-order chi connectivity index (χ0) is 17.1. The number of hydrogen-bond acceptors (Lipinski definition) is 4. The Morgan fingerprint density at radius 2 is 1.71 bits per heavy atom. The molecule has 2 aromatic carbocycles. The highest BCUT2D eigenvalue weighted by molar-refractivity contribution is 6.19. The molecule has 1 N–H and O–H groups in total. The molecule has 1 heterocycles. The number of aliphatic imine (C=N–C) groups is 1. The molecule has 0 radical (unpaired) electrons. The summed E-state index contributed by atoms with van der Waals surface area (Å²) in [6.07, 6.45) is 1.72. The molecular formula is C19H18N2O3. The van der Waals surface area contributed by atoms with E-state index in [0.29, 0.717) is 23.0 Å². The molecule has 0 aliphatic carbocycles. The van der Waals surface area contributed by atoms with E-state index in [1.807, 2.05) is 37.3 Å². The number of benzene rings is 2. The van der Waals surface area contributed by atoms with Crippen LogP contribution in [-0.2, 0) is 4.79 Å². The van der Waals surface area contributed by atoms with Crippen LogP contribution in [0.15, 0.2) is 53.2 Å². The van der Waals surface area contributed by atoms with E-state index in [4.69, 9.17) is 9.47 Å². The fraction of sp³-hybridized carbons (Fsp3) is 0.158. The lowest BCUT2D eigenvalue weighted by Crippen LogP contribution is -2.24. The lowest BCUT2D eigenvalue weighted by atomic mass is 10.1. The molecule has 0 saturated carbocycles. The normalized spacial score (nSPS) is 15.2. The molecule has 0 aromatic heterocycles. The number of rotatable bonds is 4. The SMILES string of the molecule is COc1ccc(/C=C2/N=C(c3ccc(C)cc3)NC2=O)cc1OC. The fourth-order valence-corrected chi connectivity index (χ4v) is 2.42. The number of methoxy groups -OCH3 is 2. The second kappa shape index (κ2) is 6.58. The van der Waals surface area contributed by atoms with Crippen LogP contribution in [0.2, 0.25) is 0 Å². The van der Waals surface area contributed by atoms with E-state index >= 15 is 0 Å². The minimum absolute atomic E-state index is 0.222. The van der Waals surface area contributed by atoms with Crippen molar-refractivity contribution in [1.29, 1.82) is 0 Å². The van der Waals surface area contributed by atoms with Gasteiger partial charge in [-0.1, -0.05) is 35.9 Å². The number of aryl methyl sites for hydroxylation is 1. The first-order valence-corrected chi connectivity index (χ1v) is 7.51. The molecule has 122 valence electrons. The van der Waals surface area contributed by atoms with Crippen molar-refractivity contribution in [3.8, 4) is 11.5 Å². The maximum absolute atomic E-state index is 12.2. The first-order valence-electron chi connectivity index (χ1n) is 7.51. The average Bonchev–Trinajstić information content (AvgIpc) is 2.96. The highest BCUT2D eigenvalue weighted by Gasteiger charge is 2.21. The fourth-order valence-electron chi connectivity index (χ4n) is 2.42. The molecule has 5 heteroatoms. The van der Waals surface area contributed by atoms with Crippen molar-refractivity contribution < 1.29 is 14.3 Å². The lowest BCUT2D eigenvalue weighted by molar-refractivity contribution is -0.115. The van der Waals surface area contributed by atoms with Crippen molar-refractivity contribution in [3.63, 3.8) is 0 Å². The monoisotopic (exact) mass is 322 g/mol. The van der Waals surface area contributed by atoms with Crippen LogP contribution in [0.4, 0.5) is 0 Å². The first-order chi connectivity index (χ1) is 11.6. The number of amides is 1. The van der Waals surface area contributed by atoms with Crippen LogP contribution in [0, 0.1) is 6.92 Å². The zero-order valence-electron chi connectivity index (χ0n) is 13.8. The van der Waals surface area contributed by atoms with Gasteiger partial charge in [-0.05, 0) is 30.7 Å². The molecule has 1 aliphatic heterocycles. The summed E-state index contributed by atoms with van der Waals surface area (Å²) >= 11 is 0. The number of nitrogens with one attached hydrogen (secondary N) is 1. The summed E-state index contributed by atoms with van der Waals surface area (Å²) in [6, 6.07) is 13.3. The topological polar surface area (TPSA) is 59.9 Å². The minimum atomic E-state index is -0.222. The Balaban J connectivity index is 1.92. The van der Waals surface area contributed by atoms with Crippen LogP contribution in [-0.4, -0.2) is 26.0 Å². The van der Waals surface area contributed by atoms with Crippen LogP contribution in [0.3, 0.4) is 0 Å². The Kier molecular flexibility index (Phi) is 4.33. The summed E-state index contributed by atoms with van der Waals surface area (Å²) in [5.74, 6) is 1.58. The van der Waals surface area contributed by atoms with E-state index in [-0.39, 0.29) is 5.91 Å². The second-order valence-corrected chi connectivity index (χ2v) is 5.42. The maximum Gasteiger partial charge on any atom is 0.275 e. The number of ether oxygens (including phenoxy) is 2. The van der Waals surface area contributed by atoms with E-state index in [0.717, 1.165) is 16.7 Å². The molecule has 0 saturated heterocycles. The van der Waals surface area contributed by atoms with Crippen molar-refractivity contribution in [2.24, 2.45) is 4.99 Å². The summed E-state index contributed by atoms with van der Waals surface area (Å²) < 4.78 is 10.5. The van der Waals surface area contributed by atoms with Gasteiger partial charge < -0.3 is 14.8 Å². The molecule has 3 rings (SSSR count). The number of carbonyl (C=O) groups excluding carboxylic acids is 1. The maximum atomic E-state index is 12.2. The Bertz CT molecular complexity index is 836. The van der Waals surface area contributed by atoms with Crippen LogP contribution in [0.1, 0.15) is 16.7 Å². The van der Waals surface area contributed by atoms with Crippen molar-refractivity contribution in [2.75, 3.05) is 14.2 Å². The van der Waals surface area contributed by atoms with Gasteiger partial charge in [0.1, 0.15) is 11.5 Å². The molecule has 2 aromatic rings. The van der Waals surface area contributed by atoms with Crippen molar-refractivity contribution in [1.82, 2.24) is 5.32 Å². The summed E-state index contributed by atoms with van der Waals surface area (Å²) in [5, 5.41) is 2.80. The lowest BCUT2D eigenvalue weighted by Gasteiger charge is -2.07. The molecule has 1 amide bonds. The van der Waals surface area contributed by atoms with Crippen LogP contribution >= 0.6 is 0 Å². The average molecular weight is 322 g/mol. The number of hydrogen-bond donors (Lipinski definition) is 1. The van der Waals surface area contributed by atoms with E-state index in [1.165, 1.54) is 0 Å². The third-order valence-electron chi connectivity index (χ3n) is 3.73. The summed E-state index contributed by atoms with van der Waals surface area (Å²) in [6.45, 7) is 2.02. The molecule has 24 heavy (non-hydrogen) atoms. The van der Waals surface area contributed by atoms with E-state index in [9.17, 15) is 4.79 Å². The van der Waals surface area contributed by atoms with Gasteiger partial charge in [0.15, 0.2) is 11.5 Å². The van der Waals surface area contributed by atoms with E-state index in [2.05, 4.69) is 10.3 Å². The molecule has 1 aliphatic rings. The number of carbonyl (C=O) groups is 1. The Labute approximate surface area is 140 Å². The van der Waals surface area contributed by atoms with Gasteiger partial charge in [0.05, 0.1) is 14.2 Å². The quantitative estimate of drug-likeness (QED) is 0.881. The predicted octanol–water partition coefficient (Wildman–Crippen LogP) is 2.93. The molecule has 0 fully saturated rings. The summed E-state index contributed by atoms with van der Waals surface area (Å²) in [7, 11) is 3.16. The molecule has 0 spiro atoms. The summed E-state index contributed by atoms with van der Waals surface area (Å²) in [5.41, 5.74) is 3.21. The van der Waals surface area contributed by atoms with Crippen molar-refractivity contribution in [3.05, 3.63) is 64.9 Å². The third-order valence-corrected chi connectivity index (χ3v) is 3.73. The predicted molar refractivity (Wildman–Crippen MR) is 93.4 cm³/mol. The Hall–Kier alpha value is -3.08. The standard InChI is InChI=1S/C19H18N2O3/c1-12-4-7-14(8-5-12)18-20-15(19(22)21-18)10-13-6-9-16(23-2)17(11-13)24-3/h4-11H,1-3H3,(H,20,21,22)/b15-10+. The second-order valence-electron chi connectivity index (χ2n) is 5.42. The third kappa shape index (κ3) is 3.15. The van der Waals surface area contributed by atoms with Gasteiger partial charge in [0.2, 0.25) is 0 Å². The van der Waals surface area contributed by atoms with Gasteiger partial charge in [-0.25, -0.2) is 4.99 Å². The van der Waals surface area contributed by atoms with Crippen molar-refractivity contribution in [2.45, 2.75) is 6.92 Å². The largest absolute Gasteiger partial charge is 0.493 e. The number of amidine groups is 1. The minimum Gasteiger partial charge on any atom is -0.493 e. The molecule has 0 atom stereocenters. The van der Waals surface area contributed by atoms with E-state index in [1.54, 1.807) is 32.4 Å². The Morgan fingerprint density at radius 3 is 2.38 bits per heavy atom. The molecular weight excluding hydrogens is 304 g/mol. The molecule has 0 unspecified atom stereocenters. The van der Waals surface area contributed by atoms with E-state index < -0.39 is 0 Å². The van der Waals surface area contributed by atoms with Gasteiger partial charge >= 0.3 is 0 Å². The van der Waals surface area contributed by atoms with Crippen LogP contribution in [0.5, 0.6) is 11.5 Å². The molecule has 5 nitrogen and oxygen atoms in total. The van der Waals surface area contributed by atoms with Gasteiger partial charge in [0.25, 0.3) is 5.91 Å². The smallest absolute Gasteiger partial charge is 0.275 e. The number of nitrogens with zero attached hydrogens (tertiary/aromatic N) is 1. The first kappa shape index (κ1) is 15.8. The van der Waals surface area contributed by atoms with Crippen molar-refractivity contribution >= 4 is 17.8 Å². The summed E-state index contributed by atoms with van der Waals surface area (Å²) in [4.78, 5) is 16.6. The van der Waals surface area contributed by atoms with Crippen LogP contribution in [0.25, 0.3) is 6.08 Å². The van der Waals surface area contributed by atoms with Gasteiger partial charge in [-0.3, -0.25) is 4.79 Å².